The minimum Gasteiger partial charge on any atom is -0.406 e. The molecule has 3 atom stereocenters. The van der Waals surface area contributed by atoms with Gasteiger partial charge in [-0.15, -0.1) is 5.10 Å². The topological polar surface area (TPSA) is 133 Å². The summed E-state index contributed by atoms with van der Waals surface area (Å²) >= 11 is 0. The van der Waals surface area contributed by atoms with Gasteiger partial charge in [0.2, 0.25) is 5.89 Å². The molecule has 2 aromatic rings. The molecule has 1 amide bonds. The monoisotopic (exact) mass is 526 g/mol. The average molecular weight is 527 g/mol. The van der Waals surface area contributed by atoms with Crippen molar-refractivity contribution in [3.8, 4) is 0 Å². The smallest absolute Gasteiger partial charge is 0.406 e. The van der Waals surface area contributed by atoms with Gasteiger partial charge in [-0.3, -0.25) is 9.69 Å². The van der Waals surface area contributed by atoms with Crippen molar-refractivity contribution in [2.24, 2.45) is 5.92 Å². The molecule has 3 heterocycles. The van der Waals surface area contributed by atoms with E-state index in [9.17, 15) is 14.7 Å². The molecule has 11 heteroatoms. The number of aryl methyl sites for hydroxylation is 1. The van der Waals surface area contributed by atoms with Gasteiger partial charge in [0.05, 0.1) is 12.0 Å². The van der Waals surface area contributed by atoms with Gasteiger partial charge >= 0.3 is 18.1 Å². The number of hydrogen-bond donors (Lipinski definition) is 3. The van der Waals surface area contributed by atoms with Gasteiger partial charge in [-0.05, 0) is 69.3 Å². The van der Waals surface area contributed by atoms with E-state index >= 15 is 0 Å². The maximum absolute atomic E-state index is 12.7. The number of aliphatic hydroxyl groups excluding tert-OH is 1. The molecule has 11 nitrogen and oxygen atoms in total. The molecule has 1 aromatic heterocycles. The molecule has 5 rings (SSSR count). The van der Waals surface area contributed by atoms with Gasteiger partial charge in [0.1, 0.15) is 6.04 Å². The number of carbonyl (C=O) groups excluding carboxylic acids is 2. The highest BCUT2D eigenvalue weighted by Crippen LogP contribution is 2.29. The van der Waals surface area contributed by atoms with Gasteiger partial charge in [-0.1, -0.05) is 24.0 Å². The molecule has 0 unspecified atom stereocenters. The first-order valence-electron chi connectivity index (χ1n) is 13.6. The number of ether oxygens (including phenoxy) is 1. The maximum atomic E-state index is 12.7. The third-order valence-electron chi connectivity index (χ3n) is 8.01. The van der Waals surface area contributed by atoms with Crippen molar-refractivity contribution in [2.45, 2.75) is 77.6 Å². The summed E-state index contributed by atoms with van der Waals surface area (Å²) in [5, 5.41) is 24.8. The first kappa shape index (κ1) is 26.6. The highest BCUT2D eigenvalue weighted by molar-refractivity contribution is 5.86. The third-order valence-corrected chi connectivity index (χ3v) is 8.01. The second-order valence-corrected chi connectivity index (χ2v) is 10.9. The number of rotatable bonds is 6. The number of aliphatic hydroxyl groups is 1. The molecule has 1 aromatic carbocycles. The van der Waals surface area contributed by atoms with E-state index in [2.05, 4.69) is 38.7 Å². The number of anilines is 2. The Kier molecular flexibility index (Phi) is 7.96. The number of piperazine rings is 1. The molecule has 0 radical (unpaired) electrons. The van der Waals surface area contributed by atoms with Crippen molar-refractivity contribution in [1.29, 1.82) is 0 Å². The zero-order valence-electron chi connectivity index (χ0n) is 22.4. The van der Waals surface area contributed by atoms with Crippen LogP contribution in [0, 0.1) is 19.8 Å². The van der Waals surface area contributed by atoms with Crippen LogP contribution in [0.1, 0.15) is 67.7 Å². The highest BCUT2D eigenvalue weighted by Gasteiger charge is 2.33. The number of nitrogens with zero attached hydrogens (tertiary/aromatic N) is 4. The zero-order valence-corrected chi connectivity index (χ0v) is 22.4. The SMILES string of the molecule is Cc1cc(CN2CCN(C(=O)OC(=O)C3CCCC3)[C@@H](C)C2)c(C)c(Nc2nnc([C@H]3NCC[C@H]3O)o2)c1. The van der Waals surface area contributed by atoms with Crippen molar-refractivity contribution in [2.75, 3.05) is 31.5 Å². The summed E-state index contributed by atoms with van der Waals surface area (Å²) in [5.41, 5.74) is 4.23. The molecule has 0 bridgehead atoms. The van der Waals surface area contributed by atoms with Gasteiger partial charge in [-0.2, -0.15) is 0 Å². The van der Waals surface area contributed by atoms with E-state index < -0.39 is 12.2 Å². The number of carbonyl (C=O) groups is 2. The van der Waals surface area contributed by atoms with Gasteiger partial charge in [-0.25, -0.2) is 4.79 Å². The summed E-state index contributed by atoms with van der Waals surface area (Å²) in [6.45, 7) is 9.43. The maximum Gasteiger partial charge on any atom is 0.417 e. The van der Waals surface area contributed by atoms with Gasteiger partial charge in [0.15, 0.2) is 0 Å². The summed E-state index contributed by atoms with van der Waals surface area (Å²) in [7, 11) is 0. The summed E-state index contributed by atoms with van der Waals surface area (Å²) in [4.78, 5) is 29.0. The predicted molar refractivity (Wildman–Crippen MR) is 140 cm³/mol. The van der Waals surface area contributed by atoms with Crippen molar-refractivity contribution < 1.29 is 23.8 Å². The molecule has 3 N–H and O–H groups in total. The molecule has 38 heavy (non-hydrogen) atoms. The first-order chi connectivity index (χ1) is 18.3. The molecule has 0 spiro atoms. The average Bonchev–Trinajstić information content (AvgIpc) is 3.64. The molecule has 2 aliphatic heterocycles. The third kappa shape index (κ3) is 5.84. The summed E-state index contributed by atoms with van der Waals surface area (Å²) in [6.07, 6.45) is 3.28. The minimum absolute atomic E-state index is 0.0632. The lowest BCUT2D eigenvalue weighted by Gasteiger charge is -2.39. The summed E-state index contributed by atoms with van der Waals surface area (Å²) in [6, 6.07) is 4.10. The number of nitrogens with one attached hydrogen (secondary N) is 2. The van der Waals surface area contributed by atoms with Crippen LogP contribution < -0.4 is 10.6 Å². The molecule has 3 aliphatic rings. The Morgan fingerprint density at radius 1 is 1.18 bits per heavy atom. The highest BCUT2D eigenvalue weighted by atomic mass is 16.6. The van der Waals surface area contributed by atoms with Crippen molar-refractivity contribution in [1.82, 2.24) is 25.3 Å². The van der Waals surface area contributed by atoms with E-state index in [4.69, 9.17) is 9.15 Å². The molecular weight excluding hydrogens is 488 g/mol. The lowest BCUT2D eigenvalue weighted by Crippen LogP contribution is -2.54. The van der Waals surface area contributed by atoms with Crippen molar-refractivity contribution in [3.05, 3.63) is 34.7 Å². The van der Waals surface area contributed by atoms with Crippen LogP contribution in [0.25, 0.3) is 0 Å². The lowest BCUT2D eigenvalue weighted by molar-refractivity contribution is -0.143. The van der Waals surface area contributed by atoms with Gasteiger partial charge < -0.3 is 29.8 Å². The van der Waals surface area contributed by atoms with E-state index in [1.165, 1.54) is 5.56 Å². The van der Waals surface area contributed by atoms with Crippen LogP contribution in [-0.2, 0) is 16.1 Å². The van der Waals surface area contributed by atoms with E-state index in [0.717, 1.165) is 49.0 Å². The van der Waals surface area contributed by atoms with Crippen molar-refractivity contribution >= 4 is 23.8 Å². The van der Waals surface area contributed by atoms with Crippen LogP contribution in [0.3, 0.4) is 0 Å². The molecular formula is C27H38N6O5. The fourth-order valence-corrected chi connectivity index (χ4v) is 5.77. The van der Waals surface area contributed by atoms with Crippen LogP contribution in [0.4, 0.5) is 16.5 Å². The van der Waals surface area contributed by atoms with Crippen LogP contribution >= 0.6 is 0 Å². The Morgan fingerprint density at radius 3 is 2.68 bits per heavy atom. The van der Waals surface area contributed by atoms with Crippen LogP contribution in [0.15, 0.2) is 16.5 Å². The zero-order chi connectivity index (χ0) is 26.8. The number of hydrogen-bond acceptors (Lipinski definition) is 10. The predicted octanol–water partition coefficient (Wildman–Crippen LogP) is 3.18. The standard InChI is InChI=1S/C27H38N6O5/c1-16-12-20(18(3)21(13-16)29-26-31-30-24(37-26)23-22(34)8-9-28-23)15-32-10-11-33(17(2)14-32)27(36)38-25(35)19-6-4-5-7-19/h12-13,17,19,22-23,28,34H,4-11,14-15H2,1-3H3,(H,29,31)/t17-,22+,23-/m0/s1. The largest absolute Gasteiger partial charge is 0.417 e. The fourth-order valence-electron chi connectivity index (χ4n) is 5.77. The quantitative estimate of drug-likeness (QED) is 0.381. The van der Waals surface area contributed by atoms with E-state index in [0.29, 0.717) is 38.5 Å². The fraction of sp³-hybridized carbons (Fsp3) is 0.630. The second-order valence-electron chi connectivity index (χ2n) is 10.9. The first-order valence-corrected chi connectivity index (χ1v) is 13.6. The molecule has 1 aliphatic carbocycles. The van der Waals surface area contributed by atoms with Crippen molar-refractivity contribution in [3.63, 3.8) is 0 Å². The number of esters is 1. The molecule has 206 valence electrons. The van der Waals surface area contributed by atoms with Crippen LogP contribution in [0.5, 0.6) is 0 Å². The van der Waals surface area contributed by atoms with Gasteiger partial charge in [0, 0.05) is 37.9 Å². The number of benzene rings is 1. The minimum atomic E-state index is -0.534. The van der Waals surface area contributed by atoms with E-state index in [1.54, 1.807) is 4.90 Å². The second kappa shape index (κ2) is 11.4. The van der Waals surface area contributed by atoms with Crippen LogP contribution in [-0.4, -0.2) is 75.5 Å². The van der Waals surface area contributed by atoms with Gasteiger partial charge in [0.25, 0.3) is 0 Å². The Hall–Kier alpha value is -3.02. The number of amides is 1. The van der Waals surface area contributed by atoms with E-state index in [-0.39, 0.29) is 30.0 Å². The summed E-state index contributed by atoms with van der Waals surface area (Å²) < 4.78 is 11.0. The van der Waals surface area contributed by atoms with E-state index in [1.807, 2.05) is 19.9 Å². The summed E-state index contributed by atoms with van der Waals surface area (Å²) in [5.74, 6) is -0.132. The Labute approximate surface area is 222 Å². The lowest BCUT2D eigenvalue weighted by atomic mass is 10.0. The molecule has 3 fully saturated rings. The number of aromatic nitrogens is 2. The normalized spacial score (nSPS) is 24.6. The molecule has 2 saturated heterocycles. The Morgan fingerprint density at radius 2 is 1.97 bits per heavy atom. The van der Waals surface area contributed by atoms with Crippen LogP contribution in [0.2, 0.25) is 0 Å². The Balaban J connectivity index is 1.19. The Bertz CT molecular complexity index is 1160. The molecule has 1 saturated carbocycles.